The van der Waals surface area contributed by atoms with Crippen molar-refractivity contribution in [1.29, 1.82) is 0 Å². The van der Waals surface area contributed by atoms with Crippen LogP contribution in [0.5, 0.6) is 5.75 Å². The second kappa shape index (κ2) is 6.56. The van der Waals surface area contributed by atoms with E-state index < -0.39 is 17.5 Å². The summed E-state index contributed by atoms with van der Waals surface area (Å²) in [4.78, 5) is 11.8. The van der Waals surface area contributed by atoms with Gasteiger partial charge in [0.15, 0.2) is 0 Å². The maximum absolute atomic E-state index is 11.8. The average Bonchev–Trinajstić information content (AvgIpc) is 2.52. The molecule has 144 valence electrons. The van der Waals surface area contributed by atoms with E-state index >= 15 is 0 Å². The van der Waals surface area contributed by atoms with Gasteiger partial charge in [0.1, 0.15) is 11.4 Å². The first-order valence-electron chi connectivity index (χ1n) is 9.76. The molecular weight excluding hydrogens is 328 g/mol. The van der Waals surface area contributed by atoms with Crippen molar-refractivity contribution < 1.29 is 19.4 Å². The van der Waals surface area contributed by atoms with E-state index in [1.54, 1.807) is 0 Å². The second-order valence-electron chi connectivity index (χ2n) is 9.38. The third-order valence-corrected chi connectivity index (χ3v) is 5.98. The van der Waals surface area contributed by atoms with Crippen LogP contribution in [-0.4, -0.2) is 22.8 Å². The third kappa shape index (κ3) is 3.36. The van der Waals surface area contributed by atoms with Crippen LogP contribution in [0.4, 0.5) is 0 Å². The largest absolute Gasteiger partial charge is 0.487 e. The van der Waals surface area contributed by atoms with Crippen LogP contribution < -0.4 is 4.74 Å². The van der Waals surface area contributed by atoms with Crippen molar-refractivity contribution in [3.05, 3.63) is 29.3 Å². The fourth-order valence-electron chi connectivity index (χ4n) is 4.37. The number of benzene rings is 1. The molecule has 0 amide bonds. The Balaban J connectivity index is 2.04. The smallest absolute Gasteiger partial charge is 0.309 e. The minimum Gasteiger partial charge on any atom is -0.487 e. The van der Waals surface area contributed by atoms with Gasteiger partial charge in [-0.3, -0.25) is 4.79 Å². The summed E-state index contributed by atoms with van der Waals surface area (Å²) in [7, 11) is 0. The lowest BCUT2D eigenvalue weighted by molar-refractivity contribution is -0.188. The number of hydrogen-bond acceptors (Lipinski definition) is 3. The standard InChI is InChI=1S/C22H32O4/c1-7-8-17-15(20(23)24)12-16-19(25-17)14-11-13(21(2,3)4)9-10-18(14)26-22(16,5)6/h9-11,15-17,19H,7-8,12H2,1-6H3,(H,23,24)/t15-,16+,17+,19-/m0/s1. The lowest BCUT2D eigenvalue weighted by atomic mass is 9.71. The van der Waals surface area contributed by atoms with Gasteiger partial charge in [-0.25, -0.2) is 0 Å². The topological polar surface area (TPSA) is 55.8 Å². The highest BCUT2D eigenvalue weighted by Crippen LogP contribution is 2.53. The highest BCUT2D eigenvalue weighted by Gasteiger charge is 2.51. The summed E-state index contributed by atoms with van der Waals surface area (Å²) in [6.07, 6.45) is 1.94. The van der Waals surface area contributed by atoms with E-state index in [0.29, 0.717) is 6.42 Å². The maximum Gasteiger partial charge on any atom is 0.309 e. The van der Waals surface area contributed by atoms with Gasteiger partial charge in [-0.2, -0.15) is 0 Å². The Bertz CT molecular complexity index is 686. The molecule has 2 aliphatic heterocycles. The van der Waals surface area contributed by atoms with Crippen molar-refractivity contribution >= 4 is 5.97 Å². The predicted octanol–water partition coefficient (Wildman–Crippen LogP) is 5.10. The van der Waals surface area contributed by atoms with Crippen molar-refractivity contribution in [1.82, 2.24) is 0 Å². The fraction of sp³-hybridized carbons (Fsp3) is 0.682. The van der Waals surface area contributed by atoms with Gasteiger partial charge in [-0.15, -0.1) is 0 Å². The van der Waals surface area contributed by atoms with Gasteiger partial charge in [0, 0.05) is 11.5 Å². The van der Waals surface area contributed by atoms with Gasteiger partial charge in [0.2, 0.25) is 0 Å². The van der Waals surface area contributed by atoms with E-state index in [4.69, 9.17) is 9.47 Å². The Morgan fingerprint density at radius 2 is 2.00 bits per heavy atom. The highest BCUT2D eigenvalue weighted by atomic mass is 16.5. The van der Waals surface area contributed by atoms with Crippen molar-refractivity contribution in [3.8, 4) is 5.75 Å². The third-order valence-electron chi connectivity index (χ3n) is 5.98. The zero-order valence-electron chi connectivity index (χ0n) is 16.8. The number of carboxylic acids is 1. The first-order valence-corrected chi connectivity index (χ1v) is 9.76. The summed E-state index contributed by atoms with van der Waals surface area (Å²) < 4.78 is 12.8. The molecule has 1 aromatic carbocycles. The van der Waals surface area contributed by atoms with Crippen molar-refractivity contribution in [2.75, 3.05) is 0 Å². The molecule has 1 saturated heterocycles. The summed E-state index contributed by atoms with van der Waals surface area (Å²) in [6.45, 7) is 12.8. The van der Waals surface area contributed by atoms with Crippen LogP contribution in [0.15, 0.2) is 18.2 Å². The van der Waals surface area contributed by atoms with Crippen LogP contribution in [0.1, 0.15) is 78.0 Å². The van der Waals surface area contributed by atoms with Gasteiger partial charge in [0.05, 0.1) is 18.1 Å². The molecule has 0 aromatic heterocycles. The molecule has 0 spiro atoms. The van der Waals surface area contributed by atoms with Crippen LogP contribution in [0, 0.1) is 11.8 Å². The zero-order valence-corrected chi connectivity index (χ0v) is 16.8. The molecule has 4 nitrogen and oxygen atoms in total. The Kier molecular flexibility index (Phi) is 4.85. The van der Waals surface area contributed by atoms with Gasteiger partial charge >= 0.3 is 5.97 Å². The summed E-state index contributed by atoms with van der Waals surface area (Å²) in [5, 5.41) is 9.72. The van der Waals surface area contributed by atoms with E-state index in [0.717, 1.165) is 24.2 Å². The zero-order chi connectivity index (χ0) is 19.3. The van der Waals surface area contributed by atoms with Crippen molar-refractivity contribution in [2.24, 2.45) is 11.8 Å². The van der Waals surface area contributed by atoms with Crippen LogP contribution in [0.2, 0.25) is 0 Å². The molecule has 4 heteroatoms. The number of carboxylic acid groups (broad SMARTS) is 1. The highest BCUT2D eigenvalue weighted by molar-refractivity contribution is 5.71. The van der Waals surface area contributed by atoms with Gasteiger partial charge in [-0.1, -0.05) is 40.2 Å². The fourth-order valence-corrected chi connectivity index (χ4v) is 4.37. The molecule has 26 heavy (non-hydrogen) atoms. The molecule has 4 atom stereocenters. The monoisotopic (exact) mass is 360 g/mol. The van der Waals surface area contributed by atoms with Crippen molar-refractivity contribution in [2.45, 2.75) is 84.0 Å². The molecule has 1 aromatic rings. The average molecular weight is 360 g/mol. The molecule has 0 bridgehead atoms. The Hall–Kier alpha value is -1.55. The number of aliphatic carboxylic acids is 1. The van der Waals surface area contributed by atoms with Crippen LogP contribution in [0.3, 0.4) is 0 Å². The number of ether oxygens (including phenoxy) is 2. The SMILES string of the molecule is CCC[C@H]1O[C@H]2c3cc(C(C)(C)C)ccc3OC(C)(C)[C@@H]2C[C@@H]1C(=O)O. The number of hydrogen-bond donors (Lipinski definition) is 1. The maximum atomic E-state index is 11.8. The Morgan fingerprint density at radius 1 is 1.31 bits per heavy atom. The summed E-state index contributed by atoms with van der Waals surface area (Å²) in [6, 6.07) is 6.38. The lowest BCUT2D eigenvalue weighted by Gasteiger charge is -2.50. The first-order chi connectivity index (χ1) is 12.0. The minimum absolute atomic E-state index is 0.0272. The van der Waals surface area contributed by atoms with Crippen LogP contribution in [0.25, 0.3) is 0 Å². The van der Waals surface area contributed by atoms with E-state index in [9.17, 15) is 9.90 Å². The molecule has 0 unspecified atom stereocenters. The predicted molar refractivity (Wildman–Crippen MR) is 102 cm³/mol. The summed E-state index contributed by atoms with van der Waals surface area (Å²) in [5.74, 6) is -0.328. The van der Waals surface area contributed by atoms with E-state index in [-0.39, 0.29) is 23.5 Å². The van der Waals surface area contributed by atoms with Crippen molar-refractivity contribution in [3.63, 3.8) is 0 Å². The molecule has 2 aliphatic rings. The molecule has 3 rings (SSSR count). The number of rotatable bonds is 3. The quantitative estimate of drug-likeness (QED) is 0.814. The van der Waals surface area contributed by atoms with Gasteiger partial charge < -0.3 is 14.6 Å². The van der Waals surface area contributed by atoms with E-state index in [2.05, 4.69) is 45.9 Å². The summed E-state index contributed by atoms with van der Waals surface area (Å²) >= 11 is 0. The van der Waals surface area contributed by atoms with E-state index in [1.165, 1.54) is 5.56 Å². The molecule has 0 aliphatic carbocycles. The number of carbonyl (C=O) groups is 1. The normalized spacial score (nSPS) is 30.1. The minimum atomic E-state index is -0.757. The molecular formula is C22H32O4. The second-order valence-corrected chi connectivity index (χ2v) is 9.38. The van der Waals surface area contributed by atoms with Gasteiger partial charge in [-0.05, 0) is 49.8 Å². The Morgan fingerprint density at radius 3 is 2.58 bits per heavy atom. The molecule has 0 saturated carbocycles. The van der Waals surface area contributed by atoms with Crippen LogP contribution >= 0.6 is 0 Å². The first kappa shape index (κ1) is 19.2. The summed E-state index contributed by atoms with van der Waals surface area (Å²) in [5.41, 5.74) is 1.91. The molecule has 1 N–H and O–H groups in total. The van der Waals surface area contributed by atoms with E-state index in [1.807, 2.05) is 13.8 Å². The van der Waals surface area contributed by atoms with Crippen LogP contribution in [-0.2, 0) is 14.9 Å². The number of fused-ring (bicyclic) bond motifs is 3. The van der Waals surface area contributed by atoms with Gasteiger partial charge in [0.25, 0.3) is 0 Å². The molecule has 0 radical (unpaired) electrons. The lowest BCUT2D eigenvalue weighted by Crippen LogP contribution is -2.52. The Labute approximate surface area is 156 Å². The molecule has 1 fully saturated rings. The molecule has 2 heterocycles.